The lowest BCUT2D eigenvalue weighted by atomic mass is 9.76. The van der Waals surface area contributed by atoms with Gasteiger partial charge in [-0.1, -0.05) is 19.8 Å². The summed E-state index contributed by atoms with van der Waals surface area (Å²) in [7, 11) is -4.24. The van der Waals surface area contributed by atoms with E-state index in [1.807, 2.05) is 13.8 Å². The predicted octanol–water partition coefficient (Wildman–Crippen LogP) is 3.81. The fourth-order valence-corrected chi connectivity index (χ4v) is 3.69. The van der Waals surface area contributed by atoms with Gasteiger partial charge in [0.05, 0.1) is 17.2 Å². The molecule has 0 saturated heterocycles. The van der Waals surface area contributed by atoms with Crippen molar-refractivity contribution in [3.8, 4) is 0 Å². The highest BCUT2D eigenvalue weighted by atomic mass is 32.2. The number of hydrogen-bond acceptors (Lipinski definition) is 5. The molecule has 1 aromatic carbocycles. The third-order valence-electron chi connectivity index (χ3n) is 4.81. The third kappa shape index (κ3) is 4.46. The first-order valence-electron chi connectivity index (χ1n) is 8.52. The molecular formula is C18H25NO5S. The number of ether oxygens (including phenoxy) is 1. The van der Waals surface area contributed by atoms with Crippen LogP contribution in [0.2, 0.25) is 0 Å². The first-order valence-corrected chi connectivity index (χ1v) is 9.96. The normalized spacial score (nSPS) is 19.4. The van der Waals surface area contributed by atoms with Crippen LogP contribution in [0.3, 0.4) is 0 Å². The van der Waals surface area contributed by atoms with Gasteiger partial charge in [0.2, 0.25) is 0 Å². The van der Waals surface area contributed by atoms with Crippen LogP contribution in [0.1, 0.15) is 58.4 Å². The van der Waals surface area contributed by atoms with Gasteiger partial charge in [-0.15, -0.1) is 0 Å². The highest BCUT2D eigenvalue weighted by Gasteiger charge is 2.37. The minimum atomic E-state index is -4.24. The minimum absolute atomic E-state index is 0.107. The smallest absolute Gasteiger partial charge is 0.305 e. The number of esters is 1. The summed E-state index contributed by atoms with van der Waals surface area (Å²) in [4.78, 5) is 15.8. The molecule has 6 nitrogen and oxygen atoms in total. The number of hydrogen-bond donors (Lipinski definition) is 1. The van der Waals surface area contributed by atoms with Crippen molar-refractivity contribution < 1.29 is 22.5 Å². The molecule has 1 N–H and O–H groups in total. The average Bonchev–Trinajstić information content (AvgIpc) is 2.77. The van der Waals surface area contributed by atoms with Crippen molar-refractivity contribution in [2.45, 2.75) is 63.2 Å². The Hall–Kier alpha value is -1.73. The minimum Gasteiger partial charge on any atom is -0.466 e. The standard InChI is InChI=1S/C18H25NO5S/c1-4-24-17(20)8-6-5-7-11-18(3)13(2)19-16-10-9-14(12-15(16)18)25(21,22)23/h9-10,12H,4-8,11H2,1-3H3,(H,21,22,23). The summed E-state index contributed by atoms with van der Waals surface area (Å²) in [6.07, 6.45) is 3.75. The van der Waals surface area contributed by atoms with Gasteiger partial charge in [0.15, 0.2) is 0 Å². The lowest BCUT2D eigenvalue weighted by molar-refractivity contribution is -0.143. The van der Waals surface area contributed by atoms with E-state index in [1.54, 1.807) is 13.0 Å². The molecule has 0 bridgehead atoms. The van der Waals surface area contributed by atoms with E-state index in [-0.39, 0.29) is 16.3 Å². The SMILES string of the molecule is CCOC(=O)CCCCCC1(C)C(C)=Nc2ccc(S(=O)(=O)O)cc21. The molecule has 1 aliphatic rings. The van der Waals surface area contributed by atoms with E-state index in [1.165, 1.54) is 12.1 Å². The largest absolute Gasteiger partial charge is 0.466 e. The fraction of sp³-hybridized carbons (Fsp3) is 0.556. The highest BCUT2D eigenvalue weighted by molar-refractivity contribution is 7.85. The molecule has 25 heavy (non-hydrogen) atoms. The number of rotatable bonds is 8. The Bertz CT molecular complexity index is 785. The number of nitrogens with zero attached hydrogens (tertiary/aromatic N) is 1. The number of carbonyl (C=O) groups excluding carboxylic acids is 1. The summed E-state index contributed by atoms with van der Waals surface area (Å²) >= 11 is 0. The Morgan fingerprint density at radius 1 is 1.28 bits per heavy atom. The number of carbonyl (C=O) groups is 1. The van der Waals surface area contributed by atoms with Gasteiger partial charge in [-0.05, 0) is 50.5 Å². The predicted molar refractivity (Wildman–Crippen MR) is 96.1 cm³/mol. The molecule has 0 saturated carbocycles. The van der Waals surface area contributed by atoms with E-state index in [9.17, 15) is 17.8 Å². The van der Waals surface area contributed by atoms with Crippen LogP contribution in [0, 0.1) is 0 Å². The van der Waals surface area contributed by atoms with E-state index >= 15 is 0 Å². The monoisotopic (exact) mass is 367 g/mol. The van der Waals surface area contributed by atoms with E-state index in [2.05, 4.69) is 4.99 Å². The quantitative estimate of drug-likeness (QED) is 0.428. The van der Waals surface area contributed by atoms with Gasteiger partial charge in [-0.25, -0.2) is 0 Å². The molecule has 0 amide bonds. The Morgan fingerprint density at radius 3 is 2.64 bits per heavy atom. The molecule has 1 aliphatic heterocycles. The van der Waals surface area contributed by atoms with Gasteiger partial charge in [0.25, 0.3) is 10.1 Å². The lowest BCUT2D eigenvalue weighted by Gasteiger charge is -2.26. The molecule has 1 unspecified atom stereocenters. The molecular weight excluding hydrogens is 342 g/mol. The second kappa shape index (κ2) is 7.66. The van der Waals surface area contributed by atoms with Crippen LogP contribution in [0.15, 0.2) is 28.1 Å². The fourth-order valence-electron chi connectivity index (χ4n) is 3.19. The van der Waals surface area contributed by atoms with Crippen LogP contribution in [-0.4, -0.2) is 31.3 Å². The summed E-state index contributed by atoms with van der Waals surface area (Å²) < 4.78 is 37.0. The molecule has 2 rings (SSSR count). The number of aliphatic imine (C=N–C) groups is 1. The number of fused-ring (bicyclic) bond motifs is 1. The zero-order chi connectivity index (χ0) is 18.7. The summed E-state index contributed by atoms with van der Waals surface area (Å²) in [5, 5.41) is 0. The summed E-state index contributed by atoms with van der Waals surface area (Å²) in [5.74, 6) is -0.171. The second-order valence-electron chi connectivity index (χ2n) is 6.55. The van der Waals surface area contributed by atoms with E-state index in [4.69, 9.17) is 4.74 Å². The van der Waals surface area contributed by atoms with Crippen LogP contribution < -0.4 is 0 Å². The summed E-state index contributed by atoms with van der Waals surface area (Å²) in [6, 6.07) is 4.52. The van der Waals surface area contributed by atoms with Crippen molar-refractivity contribution in [2.24, 2.45) is 4.99 Å². The van der Waals surface area contributed by atoms with Gasteiger partial charge in [-0.2, -0.15) is 8.42 Å². The summed E-state index contributed by atoms with van der Waals surface area (Å²) in [5.41, 5.74) is 2.14. The zero-order valence-corrected chi connectivity index (χ0v) is 15.7. The van der Waals surface area contributed by atoms with Crippen LogP contribution >= 0.6 is 0 Å². The highest BCUT2D eigenvalue weighted by Crippen LogP contribution is 2.44. The lowest BCUT2D eigenvalue weighted by Crippen LogP contribution is -2.27. The van der Waals surface area contributed by atoms with Crippen LogP contribution in [0.25, 0.3) is 0 Å². The van der Waals surface area contributed by atoms with Crippen molar-refractivity contribution in [1.29, 1.82) is 0 Å². The zero-order valence-electron chi connectivity index (χ0n) is 14.9. The topological polar surface area (TPSA) is 93.0 Å². The van der Waals surface area contributed by atoms with Gasteiger partial charge in [0, 0.05) is 17.5 Å². The Labute approximate surface area is 149 Å². The van der Waals surface area contributed by atoms with Gasteiger partial charge < -0.3 is 4.74 Å². The van der Waals surface area contributed by atoms with E-state index < -0.39 is 10.1 Å². The Balaban J connectivity index is 2.04. The summed E-state index contributed by atoms with van der Waals surface area (Å²) in [6.45, 7) is 6.17. The van der Waals surface area contributed by atoms with Crippen LogP contribution in [0.5, 0.6) is 0 Å². The second-order valence-corrected chi connectivity index (χ2v) is 7.97. The van der Waals surface area contributed by atoms with Gasteiger partial charge in [0.1, 0.15) is 0 Å². The van der Waals surface area contributed by atoms with Crippen molar-refractivity contribution in [3.63, 3.8) is 0 Å². The molecule has 1 atom stereocenters. The van der Waals surface area contributed by atoms with Crippen molar-refractivity contribution in [1.82, 2.24) is 0 Å². The van der Waals surface area contributed by atoms with Gasteiger partial charge >= 0.3 is 5.97 Å². The Kier molecular flexibility index (Phi) is 6.00. The van der Waals surface area contributed by atoms with Crippen molar-refractivity contribution in [3.05, 3.63) is 23.8 Å². The Morgan fingerprint density at radius 2 is 2.00 bits per heavy atom. The maximum absolute atomic E-state index is 11.4. The third-order valence-corrected chi connectivity index (χ3v) is 5.66. The maximum atomic E-state index is 11.4. The molecule has 0 aliphatic carbocycles. The molecule has 138 valence electrons. The maximum Gasteiger partial charge on any atom is 0.305 e. The molecule has 0 radical (unpaired) electrons. The van der Waals surface area contributed by atoms with Crippen LogP contribution in [-0.2, 0) is 25.1 Å². The van der Waals surface area contributed by atoms with E-state index in [0.29, 0.717) is 13.0 Å². The van der Waals surface area contributed by atoms with Crippen LogP contribution in [0.4, 0.5) is 5.69 Å². The molecule has 1 heterocycles. The number of unbranched alkanes of at least 4 members (excludes halogenated alkanes) is 2. The van der Waals surface area contributed by atoms with Gasteiger partial charge in [-0.3, -0.25) is 14.3 Å². The molecule has 0 aromatic heterocycles. The molecule has 1 aromatic rings. The van der Waals surface area contributed by atoms with Crippen molar-refractivity contribution in [2.75, 3.05) is 6.61 Å². The first-order chi connectivity index (χ1) is 11.7. The molecule has 0 fully saturated rings. The average molecular weight is 367 g/mol. The molecule has 0 spiro atoms. The molecule has 7 heteroatoms. The van der Waals surface area contributed by atoms with Crippen molar-refractivity contribution >= 4 is 27.5 Å². The van der Waals surface area contributed by atoms with E-state index in [0.717, 1.165) is 42.6 Å². The first kappa shape index (κ1) is 19.6. The number of benzene rings is 1.